The van der Waals surface area contributed by atoms with Gasteiger partial charge in [0, 0.05) is 6.54 Å². The lowest BCUT2D eigenvalue weighted by Crippen LogP contribution is -2.34. The minimum atomic E-state index is -0.425. The molecule has 1 aromatic carbocycles. The molecule has 0 aromatic heterocycles. The second-order valence-electron chi connectivity index (χ2n) is 5.61. The quantitative estimate of drug-likeness (QED) is 0.817. The van der Waals surface area contributed by atoms with Gasteiger partial charge in [0.05, 0.1) is 17.9 Å². The highest BCUT2D eigenvalue weighted by Crippen LogP contribution is 2.22. The van der Waals surface area contributed by atoms with Crippen LogP contribution in [0.3, 0.4) is 0 Å². The Labute approximate surface area is 131 Å². The normalized spacial score (nSPS) is 15.1. The number of esters is 1. The second-order valence-corrected chi connectivity index (χ2v) is 5.61. The fraction of sp³-hybridized carbons (Fsp3) is 0.529. The van der Waals surface area contributed by atoms with Crippen molar-refractivity contribution in [2.24, 2.45) is 5.92 Å². The van der Waals surface area contributed by atoms with Crippen molar-refractivity contribution in [2.75, 3.05) is 18.5 Å². The Bertz CT molecular complexity index is 510. The molecule has 1 aliphatic rings. The number of hydrogen-bond acceptors (Lipinski definition) is 3. The van der Waals surface area contributed by atoms with Gasteiger partial charge in [-0.2, -0.15) is 0 Å². The Kier molecular flexibility index (Phi) is 6.25. The predicted octanol–water partition coefficient (Wildman–Crippen LogP) is 3.57. The maximum atomic E-state index is 12.0. The van der Waals surface area contributed by atoms with Gasteiger partial charge >= 0.3 is 12.0 Å². The summed E-state index contributed by atoms with van der Waals surface area (Å²) in [5.41, 5.74) is 0.847. The molecule has 0 atom stereocenters. The van der Waals surface area contributed by atoms with Crippen LogP contribution in [0.15, 0.2) is 24.3 Å². The molecular weight excluding hydrogens is 280 g/mol. The lowest BCUT2D eigenvalue weighted by Gasteiger charge is -2.21. The fourth-order valence-corrected chi connectivity index (χ4v) is 2.77. The van der Waals surface area contributed by atoms with Crippen LogP contribution in [0, 0.1) is 5.92 Å². The van der Waals surface area contributed by atoms with Crippen molar-refractivity contribution in [3.05, 3.63) is 29.8 Å². The second kappa shape index (κ2) is 8.41. The third kappa shape index (κ3) is 4.76. The van der Waals surface area contributed by atoms with E-state index in [0.717, 1.165) is 0 Å². The van der Waals surface area contributed by atoms with Crippen LogP contribution in [-0.2, 0) is 4.74 Å². The Morgan fingerprint density at radius 3 is 2.64 bits per heavy atom. The molecule has 0 heterocycles. The SMILES string of the molecule is CCOC(=O)c1ccccc1NC(=O)NCC1CCCCC1. The number of benzene rings is 1. The smallest absolute Gasteiger partial charge is 0.340 e. The summed E-state index contributed by atoms with van der Waals surface area (Å²) in [6.45, 7) is 2.75. The standard InChI is InChI=1S/C17H24N2O3/c1-2-22-16(20)14-10-6-7-11-15(14)19-17(21)18-12-13-8-4-3-5-9-13/h6-7,10-11,13H,2-5,8-9,12H2,1H3,(H2,18,19,21). The number of nitrogens with one attached hydrogen (secondary N) is 2. The van der Waals surface area contributed by atoms with E-state index < -0.39 is 5.97 Å². The van der Waals surface area contributed by atoms with Crippen LogP contribution in [0.25, 0.3) is 0 Å². The molecule has 1 aliphatic carbocycles. The van der Waals surface area contributed by atoms with Crippen LogP contribution in [0.1, 0.15) is 49.4 Å². The Morgan fingerprint density at radius 2 is 1.91 bits per heavy atom. The van der Waals surface area contributed by atoms with E-state index >= 15 is 0 Å². The zero-order valence-electron chi connectivity index (χ0n) is 13.1. The summed E-state index contributed by atoms with van der Waals surface area (Å²) < 4.78 is 4.99. The van der Waals surface area contributed by atoms with Gasteiger partial charge in [-0.1, -0.05) is 31.4 Å². The van der Waals surface area contributed by atoms with Gasteiger partial charge in [0.25, 0.3) is 0 Å². The third-order valence-electron chi connectivity index (χ3n) is 3.95. The minimum absolute atomic E-state index is 0.276. The first kappa shape index (κ1) is 16.3. The molecule has 1 aromatic rings. The average Bonchev–Trinajstić information content (AvgIpc) is 2.54. The molecule has 1 fully saturated rings. The molecule has 5 nitrogen and oxygen atoms in total. The van der Waals surface area contributed by atoms with E-state index in [4.69, 9.17) is 4.74 Å². The molecule has 0 bridgehead atoms. The molecular formula is C17H24N2O3. The van der Waals surface area contributed by atoms with E-state index in [-0.39, 0.29) is 6.03 Å². The highest BCUT2D eigenvalue weighted by atomic mass is 16.5. The maximum Gasteiger partial charge on any atom is 0.340 e. The summed E-state index contributed by atoms with van der Waals surface area (Å²) in [4.78, 5) is 23.9. The van der Waals surface area contributed by atoms with Gasteiger partial charge in [0.2, 0.25) is 0 Å². The van der Waals surface area contributed by atoms with Crippen molar-refractivity contribution in [1.82, 2.24) is 5.32 Å². The third-order valence-corrected chi connectivity index (χ3v) is 3.95. The van der Waals surface area contributed by atoms with Gasteiger partial charge in [0.15, 0.2) is 0 Å². The van der Waals surface area contributed by atoms with Crippen LogP contribution < -0.4 is 10.6 Å². The molecule has 2 amide bonds. The van der Waals surface area contributed by atoms with Crippen LogP contribution >= 0.6 is 0 Å². The largest absolute Gasteiger partial charge is 0.462 e. The predicted molar refractivity (Wildman–Crippen MR) is 86.0 cm³/mol. The number of hydrogen-bond donors (Lipinski definition) is 2. The summed E-state index contributed by atoms with van der Waals surface area (Å²) in [5.74, 6) is 0.144. The number of carbonyl (C=O) groups is 2. The zero-order chi connectivity index (χ0) is 15.8. The Hall–Kier alpha value is -2.04. The van der Waals surface area contributed by atoms with Crippen molar-refractivity contribution in [1.29, 1.82) is 0 Å². The molecule has 0 spiro atoms. The number of rotatable bonds is 5. The van der Waals surface area contributed by atoms with Gasteiger partial charge in [-0.05, 0) is 37.8 Å². The van der Waals surface area contributed by atoms with Crippen molar-refractivity contribution in [3.8, 4) is 0 Å². The Balaban J connectivity index is 1.89. The number of ether oxygens (including phenoxy) is 1. The van der Waals surface area contributed by atoms with Crippen molar-refractivity contribution >= 4 is 17.7 Å². The summed E-state index contributed by atoms with van der Waals surface area (Å²) in [7, 11) is 0. The molecule has 0 radical (unpaired) electrons. The van der Waals surface area contributed by atoms with Crippen LogP contribution in [0.2, 0.25) is 0 Å². The summed E-state index contributed by atoms with van der Waals surface area (Å²) in [6, 6.07) is 6.60. The maximum absolute atomic E-state index is 12.0. The number of carbonyl (C=O) groups excluding carboxylic acids is 2. The topological polar surface area (TPSA) is 67.4 Å². The van der Waals surface area contributed by atoms with Crippen molar-refractivity contribution < 1.29 is 14.3 Å². The number of urea groups is 1. The molecule has 22 heavy (non-hydrogen) atoms. The van der Waals surface area contributed by atoms with E-state index in [2.05, 4.69) is 10.6 Å². The average molecular weight is 304 g/mol. The first-order valence-corrected chi connectivity index (χ1v) is 8.01. The molecule has 2 rings (SSSR count). The molecule has 120 valence electrons. The molecule has 0 aliphatic heterocycles. The first-order chi connectivity index (χ1) is 10.7. The van der Waals surface area contributed by atoms with E-state index in [0.29, 0.717) is 30.3 Å². The molecule has 1 saturated carbocycles. The first-order valence-electron chi connectivity index (χ1n) is 8.01. The van der Waals surface area contributed by atoms with Gasteiger partial charge in [0.1, 0.15) is 0 Å². The molecule has 0 saturated heterocycles. The summed E-state index contributed by atoms with van der Waals surface area (Å²) in [5, 5.41) is 5.64. The van der Waals surface area contributed by atoms with Crippen LogP contribution in [0.4, 0.5) is 10.5 Å². The van der Waals surface area contributed by atoms with Gasteiger partial charge in [-0.25, -0.2) is 9.59 Å². The summed E-state index contributed by atoms with van der Waals surface area (Å²) >= 11 is 0. The minimum Gasteiger partial charge on any atom is -0.462 e. The lowest BCUT2D eigenvalue weighted by atomic mass is 9.89. The van der Waals surface area contributed by atoms with Crippen molar-refractivity contribution in [3.63, 3.8) is 0 Å². The molecule has 2 N–H and O–H groups in total. The zero-order valence-corrected chi connectivity index (χ0v) is 13.1. The highest BCUT2D eigenvalue weighted by molar-refractivity contribution is 6.00. The lowest BCUT2D eigenvalue weighted by molar-refractivity contribution is 0.0527. The van der Waals surface area contributed by atoms with Crippen LogP contribution in [-0.4, -0.2) is 25.2 Å². The van der Waals surface area contributed by atoms with E-state index in [1.807, 2.05) is 0 Å². The fourth-order valence-electron chi connectivity index (χ4n) is 2.77. The monoisotopic (exact) mass is 304 g/mol. The van der Waals surface area contributed by atoms with Gasteiger partial charge < -0.3 is 15.4 Å². The van der Waals surface area contributed by atoms with E-state index in [1.54, 1.807) is 31.2 Å². The van der Waals surface area contributed by atoms with E-state index in [9.17, 15) is 9.59 Å². The Morgan fingerprint density at radius 1 is 1.18 bits per heavy atom. The van der Waals surface area contributed by atoms with Gasteiger partial charge in [-0.3, -0.25) is 0 Å². The highest BCUT2D eigenvalue weighted by Gasteiger charge is 2.16. The number of para-hydroxylation sites is 1. The van der Waals surface area contributed by atoms with Crippen LogP contribution in [0.5, 0.6) is 0 Å². The summed E-state index contributed by atoms with van der Waals surface area (Å²) in [6.07, 6.45) is 6.16. The van der Waals surface area contributed by atoms with Crippen molar-refractivity contribution in [2.45, 2.75) is 39.0 Å². The number of amides is 2. The number of anilines is 1. The molecule has 5 heteroatoms. The molecule has 0 unspecified atom stereocenters. The van der Waals surface area contributed by atoms with Gasteiger partial charge in [-0.15, -0.1) is 0 Å². The van der Waals surface area contributed by atoms with E-state index in [1.165, 1.54) is 32.1 Å².